The molecule has 2 aromatic rings. The van der Waals surface area contributed by atoms with E-state index in [2.05, 4.69) is 45.5 Å². The molecule has 0 bridgehead atoms. The smallest absolute Gasteiger partial charge is 0.0574 e. The molecule has 3 heteroatoms. The highest BCUT2D eigenvalue weighted by Crippen LogP contribution is 2.20. The summed E-state index contributed by atoms with van der Waals surface area (Å²) in [5.41, 5.74) is 10.3. The zero-order chi connectivity index (χ0) is 13.0. The molecule has 0 aliphatic heterocycles. The van der Waals surface area contributed by atoms with E-state index in [4.69, 9.17) is 5.73 Å². The van der Waals surface area contributed by atoms with Gasteiger partial charge in [-0.15, -0.1) is 0 Å². The lowest BCUT2D eigenvalue weighted by Gasteiger charge is -2.10. The van der Waals surface area contributed by atoms with Crippen molar-refractivity contribution in [2.75, 3.05) is 17.6 Å². The third-order valence-electron chi connectivity index (χ3n) is 2.87. The summed E-state index contributed by atoms with van der Waals surface area (Å²) in [6.07, 6.45) is 0.967. The first-order chi connectivity index (χ1) is 8.66. The SMILES string of the molecule is Cc1ccc(NCCc2ccccc2Br)c(N)c1. The highest BCUT2D eigenvalue weighted by Gasteiger charge is 2.00. The Morgan fingerprint density at radius 1 is 1.17 bits per heavy atom. The molecule has 0 spiro atoms. The normalized spacial score (nSPS) is 10.3. The Labute approximate surface area is 116 Å². The molecule has 2 nitrogen and oxygen atoms in total. The van der Waals surface area contributed by atoms with E-state index in [1.165, 1.54) is 11.1 Å². The van der Waals surface area contributed by atoms with Crippen molar-refractivity contribution >= 4 is 27.3 Å². The molecule has 0 atom stereocenters. The zero-order valence-electron chi connectivity index (χ0n) is 10.4. The summed E-state index contributed by atoms with van der Waals surface area (Å²) in [7, 11) is 0. The van der Waals surface area contributed by atoms with Crippen molar-refractivity contribution < 1.29 is 0 Å². The van der Waals surface area contributed by atoms with Gasteiger partial charge in [0.1, 0.15) is 0 Å². The van der Waals surface area contributed by atoms with E-state index in [-0.39, 0.29) is 0 Å². The van der Waals surface area contributed by atoms with Gasteiger partial charge in [-0.2, -0.15) is 0 Å². The van der Waals surface area contributed by atoms with E-state index < -0.39 is 0 Å². The van der Waals surface area contributed by atoms with Gasteiger partial charge in [0, 0.05) is 11.0 Å². The molecule has 0 heterocycles. The van der Waals surface area contributed by atoms with Crippen molar-refractivity contribution in [2.45, 2.75) is 13.3 Å². The number of aryl methyl sites for hydroxylation is 1. The van der Waals surface area contributed by atoms with Crippen molar-refractivity contribution in [2.24, 2.45) is 0 Å². The van der Waals surface area contributed by atoms with Gasteiger partial charge in [-0.05, 0) is 42.7 Å². The van der Waals surface area contributed by atoms with Gasteiger partial charge in [0.05, 0.1) is 11.4 Å². The first-order valence-corrected chi connectivity index (χ1v) is 6.79. The minimum atomic E-state index is 0.808. The highest BCUT2D eigenvalue weighted by molar-refractivity contribution is 9.10. The number of anilines is 2. The van der Waals surface area contributed by atoms with Gasteiger partial charge in [0.2, 0.25) is 0 Å². The van der Waals surface area contributed by atoms with Crippen LogP contribution in [0.5, 0.6) is 0 Å². The van der Waals surface area contributed by atoms with Gasteiger partial charge in [-0.3, -0.25) is 0 Å². The number of nitrogens with two attached hydrogens (primary N) is 1. The van der Waals surface area contributed by atoms with Crippen LogP contribution in [0, 0.1) is 6.92 Å². The van der Waals surface area contributed by atoms with Gasteiger partial charge >= 0.3 is 0 Å². The number of hydrogen-bond donors (Lipinski definition) is 2. The molecule has 0 saturated heterocycles. The van der Waals surface area contributed by atoms with Crippen molar-refractivity contribution in [1.29, 1.82) is 0 Å². The Morgan fingerprint density at radius 2 is 1.94 bits per heavy atom. The number of benzene rings is 2. The molecule has 2 rings (SSSR count). The Bertz CT molecular complexity index is 538. The first kappa shape index (κ1) is 13.0. The number of nitrogen functional groups attached to an aromatic ring is 1. The van der Waals surface area contributed by atoms with Crippen molar-refractivity contribution in [3.05, 3.63) is 58.1 Å². The summed E-state index contributed by atoms with van der Waals surface area (Å²) in [5.74, 6) is 0. The van der Waals surface area contributed by atoms with E-state index in [0.29, 0.717) is 0 Å². The third kappa shape index (κ3) is 3.26. The lowest BCUT2D eigenvalue weighted by Crippen LogP contribution is -2.07. The van der Waals surface area contributed by atoms with Crippen LogP contribution in [0.4, 0.5) is 11.4 Å². The summed E-state index contributed by atoms with van der Waals surface area (Å²) in [5, 5.41) is 3.37. The monoisotopic (exact) mass is 304 g/mol. The Balaban J connectivity index is 1.95. The number of hydrogen-bond acceptors (Lipinski definition) is 2. The van der Waals surface area contributed by atoms with Crippen LogP contribution in [-0.2, 0) is 6.42 Å². The minimum absolute atomic E-state index is 0.808. The predicted molar refractivity (Wildman–Crippen MR) is 81.9 cm³/mol. The third-order valence-corrected chi connectivity index (χ3v) is 3.65. The van der Waals surface area contributed by atoms with Gasteiger partial charge in [0.15, 0.2) is 0 Å². The van der Waals surface area contributed by atoms with E-state index in [9.17, 15) is 0 Å². The van der Waals surface area contributed by atoms with E-state index in [0.717, 1.165) is 28.8 Å². The summed E-state index contributed by atoms with van der Waals surface area (Å²) < 4.78 is 1.16. The molecule has 0 fully saturated rings. The Kier molecular flexibility index (Phi) is 4.26. The fraction of sp³-hybridized carbons (Fsp3) is 0.200. The van der Waals surface area contributed by atoms with Crippen molar-refractivity contribution in [3.63, 3.8) is 0 Å². The average Bonchev–Trinajstić information content (AvgIpc) is 2.34. The van der Waals surface area contributed by atoms with Crippen LogP contribution in [0.3, 0.4) is 0 Å². The predicted octanol–water partition coefficient (Wildman–Crippen LogP) is 3.99. The summed E-state index contributed by atoms with van der Waals surface area (Å²) in [6.45, 7) is 2.91. The summed E-state index contributed by atoms with van der Waals surface area (Å²) >= 11 is 3.55. The van der Waals surface area contributed by atoms with Gasteiger partial charge in [-0.1, -0.05) is 40.2 Å². The van der Waals surface area contributed by atoms with Crippen LogP contribution in [0.2, 0.25) is 0 Å². The van der Waals surface area contributed by atoms with Crippen LogP contribution in [-0.4, -0.2) is 6.54 Å². The summed E-state index contributed by atoms with van der Waals surface area (Å²) in [4.78, 5) is 0. The standard InChI is InChI=1S/C15H17BrN2/c1-11-6-7-15(14(17)10-11)18-9-8-12-4-2-3-5-13(12)16/h2-7,10,18H,8-9,17H2,1H3. The van der Waals surface area contributed by atoms with Crippen LogP contribution >= 0.6 is 15.9 Å². The minimum Gasteiger partial charge on any atom is -0.397 e. The molecule has 3 N–H and O–H groups in total. The van der Waals surface area contributed by atoms with Crippen molar-refractivity contribution in [3.8, 4) is 0 Å². The van der Waals surface area contributed by atoms with Crippen molar-refractivity contribution in [1.82, 2.24) is 0 Å². The maximum atomic E-state index is 5.96. The largest absolute Gasteiger partial charge is 0.397 e. The second kappa shape index (κ2) is 5.91. The first-order valence-electron chi connectivity index (χ1n) is 6.00. The summed E-state index contributed by atoms with van der Waals surface area (Å²) in [6, 6.07) is 14.4. The maximum Gasteiger partial charge on any atom is 0.0574 e. The Hall–Kier alpha value is -1.48. The topological polar surface area (TPSA) is 38.0 Å². The average molecular weight is 305 g/mol. The molecule has 18 heavy (non-hydrogen) atoms. The number of rotatable bonds is 4. The molecule has 94 valence electrons. The second-order valence-electron chi connectivity index (χ2n) is 4.36. The van der Waals surface area contributed by atoms with Gasteiger partial charge in [-0.25, -0.2) is 0 Å². The van der Waals surface area contributed by atoms with Crippen LogP contribution in [0.15, 0.2) is 46.9 Å². The molecule has 0 amide bonds. The quantitative estimate of drug-likeness (QED) is 0.838. The maximum absolute atomic E-state index is 5.96. The molecule has 0 radical (unpaired) electrons. The fourth-order valence-electron chi connectivity index (χ4n) is 1.88. The van der Waals surface area contributed by atoms with Gasteiger partial charge in [0.25, 0.3) is 0 Å². The highest BCUT2D eigenvalue weighted by atomic mass is 79.9. The molecular weight excluding hydrogens is 288 g/mol. The molecule has 0 aliphatic carbocycles. The number of nitrogens with one attached hydrogen (secondary N) is 1. The van der Waals surface area contributed by atoms with Crippen LogP contribution < -0.4 is 11.1 Å². The second-order valence-corrected chi connectivity index (χ2v) is 5.21. The van der Waals surface area contributed by atoms with E-state index >= 15 is 0 Å². The van der Waals surface area contributed by atoms with Crippen LogP contribution in [0.25, 0.3) is 0 Å². The zero-order valence-corrected chi connectivity index (χ0v) is 12.0. The van der Waals surface area contributed by atoms with E-state index in [1.807, 2.05) is 25.1 Å². The molecule has 0 saturated carbocycles. The van der Waals surface area contributed by atoms with E-state index in [1.54, 1.807) is 0 Å². The molecule has 0 aliphatic rings. The van der Waals surface area contributed by atoms with Crippen LogP contribution in [0.1, 0.15) is 11.1 Å². The Morgan fingerprint density at radius 3 is 2.67 bits per heavy atom. The number of halogens is 1. The molecule has 0 unspecified atom stereocenters. The fourth-order valence-corrected chi connectivity index (χ4v) is 2.36. The molecule has 2 aromatic carbocycles. The lowest BCUT2D eigenvalue weighted by atomic mass is 10.1. The lowest BCUT2D eigenvalue weighted by molar-refractivity contribution is 1.01. The molecule has 0 aromatic heterocycles. The van der Waals surface area contributed by atoms with Gasteiger partial charge < -0.3 is 11.1 Å². The molecular formula is C15H17BrN2.